The molecule has 1 aromatic carbocycles. The van der Waals surface area contributed by atoms with Crippen LogP contribution in [0, 0.1) is 11.3 Å². The van der Waals surface area contributed by atoms with Crippen LogP contribution in [-0.4, -0.2) is 66.0 Å². The van der Waals surface area contributed by atoms with E-state index >= 15 is 0 Å². The van der Waals surface area contributed by atoms with E-state index in [1.807, 2.05) is 43.3 Å². The van der Waals surface area contributed by atoms with Gasteiger partial charge in [0.1, 0.15) is 23.6 Å². The van der Waals surface area contributed by atoms with E-state index in [4.69, 9.17) is 9.72 Å². The fourth-order valence-corrected chi connectivity index (χ4v) is 5.65. The Labute approximate surface area is 212 Å². The van der Waals surface area contributed by atoms with Gasteiger partial charge < -0.3 is 20.3 Å². The van der Waals surface area contributed by atoms with Crippen LogP contribution in [0.25, 0.3) is 0 Å². The molecular formula is C27H36N6O3. The molecule has 1 saturated carbocycles. The van der Waals surface area contributed by atoms with Gasteiger partial charge >= 0.3 is 0 Å². The molecule has 36 heavy (non-hydrogen) atoms. The van der Waals surface area contributed by atoms with E-state index in [-0.39, 0.29) is 23.3 Å². The number of hydrogen-bond donors (Lipinski definition) is 2. The fraction of sp³-hybridized carbons (Fsp3) is 0.556. The smallest absolute Gasteiger partial charge is 0.244 e. The summed E-state index contributed by atoms with van der Waals surface area (Å²) in [5.41, 5.74) is 0.316. The molecule has 3 heterocycles. The minimum absolute atomic E-state index is 0.109. The second kappa shape index (κ2) is 9.35. The Morgan fingerprint density at radius 1 is 1.17 bits per heavy atom. The molecular weight excluding hydrogens is 456 g/mol. The van der Waals surface area contributed by atoms with Crippen LogP contribution in [0.2, 0.25) is 0 Å². The average molecular weight is 493 g/mol. The number of likely N-dealkylation sites (N-methyl/N-ethyl adjacent to an activating group) is 1. The molecule has 0 bridgehead atoms. The number of carbonyl (C=O) groups is 2. The Hall–Kier alpha value is -3.20. The highest BCUT2D eigenvalue weighted by molar-refractivity contribution is 6.15. The van der Waals surface area contributed by atoms with Gasteiger partial charge in [-0.3, -0.25) is 14.5 Å². The zero-order valence-electron chi connectivity index (χ0n) is 21.6. The van der Waals surface area contributed by atoms with Crippen molar-refractivity contribution in [1.29, 1.82) is 0 Å². The lowest BCUT2D eigenvalue weighted by molar-refractivity contribution is -0.141. The molecule has 1 atom stereocenters. The van der Waals surface area contributed by atoms with Crippen LogP contribution in [0.4, 0.5) is 17.5 Å². The van der Waals surface area contributed by atoms with Crippen molar-refractivity contribution in [2.45, 2.75) is 51.5 Å². The first-order chi connectivity index (χ1) is 17.2. The SMILES string of the molecule is CC(C)C1(N2C(=O)[C@]3(CCNC3=O)Cc3cnc(Nc4ccc(OCCN(C)C)cc4)nc32)CCC1. The molecule has 5 rings (SSSR count). The Morgan fingerprint density at radius 2 is 1.92 bits per heavy atom. The number of benzene rings is 1. The standard InChI is InChI=1S/C27H36N6O3/c1-18(2)27(10-5-11-27)33-22-19(16-26(24(33)35)12-13-28-23(26)34)17-29-25(31-22)30-20-6-8-21(9-7-20)36-15-14-32(3)4/h6-9,17-18H,5,10-16H2,1-4H3,(H,28,34)(H,29,30,31)/t26-/m1/s1. The minimum atomic E-state index is -1.05. The van der Waals surface area contributed by atoms with Gasteiger partial charge in [-0.05, 0) is 70.0 Å². The third-order valence-corrected chi connectivity index (χ3v) is 8.09. The number of fused-ring (bicyclic) bond motifs is 1. The molecule has 1 aliphatic carbocycles. The fourth-order valence-electron chi connectivity index (χ4n) is 5.65. The lowest BCUT2D eigenvalue weighted by Crippen LogP contribution is -2.66. The summed E-state index contributed by atoms with van der Waals surface area (Å²) >= 11 is 0. The normalized spacial score (nSPS) is 22.6. The van der Waals surface area contributed by atoms with Gasteiger partial charge in [0.05, 0.1) is 5.54 Å². The van der Waals surface area contributed by atoms with Crippen molar-refractivity contribution < 1.29 is 14.3 Å². The molecule has 2 fully saturated rings. The largest absolute Gasteiger partial charge is 0.492 e. The highest BCUT2D eigenvalue weighted by atomic mass is 16.5. The number of carbonyl (C=O) groups excluding carboxylic acids is 2. The predicted molar refractivity (Wildman–Crippen MR) is 138 cm³/mol. The van der Waals surface area contributed by atoms with Gasteiger partial charge in [0.15, 0.2) is 0 Å². The maximum atomic E-state index is 14.1. The molecule has 2 aliphatic heterocycles. The second-order valence-electron chi connectivity index (χ2n) is 10.9. The molecule has 2 aromatic rings. The van der Waals surface area contributed by atoms with Crippen LogP contribution in [0.1, 0.15) is 45.1 Å². The van der Waals surface area contributed by atoms with Gasteiger partial charge in [0, 0.05) is 37.0 Å². The van der Waals surface area contributed by atoms with Crippen LogP contribution in [-0.2, 0) is 16.0 Å². The number of amides is 2. The van der Waals surface area contributed by atoms with Gasteiger partial charge in [-0.1, -0.05) is 13.8 Å². The lowest BCUT2D eigenvalue weighted by Gasteiger charge is -2.56. The van der Waals surface area contributed by atoms with Crippen molar-refractivity contribution in [1.82, 2.24) is 20.2 Å². The summed E-state index contributed by atoms with van der Waals surface area (Å²) in [7, 11) is 4.03. The highest BCUT2D eigenvalue weighted by Gasteiger charge is 2.60. The quantitative estimate of drug-likeness (QED) is 0.546. The first-order valence-corrected chi connectivity index (χ1v) is 12.9. The van der Waals surface area contributed by atoms with Crippen molar-refractivity contribution >= 4 is 29.3 Å². The molecule has 2 N–H and O–H groups in total. The number of aromatic nitrogens is 2. The van der Waals surface area contributed by atoms with Crippen LogP contribution in [0.15, 0.2) is 30.5 Å². The van der Waals surface area contributed by atoms with Crippen molar-refractivity contribution in [3.05, 3.63) is 36.0 Å². The number of ether oxygens (including phenoxy) is 1. The summed E-state index contributed by atoms with van der Waals surface area (Å²) in [6.07, 6.45) is 5.53. The van der Waals surface area contributed by atoms with E-state index in [9.17, 15) is 9.59 Å². The summed E-state index contributed by atoms with van der Waals surface area (Å²) in [4.78, 5) is 40.4. The van der Waals surface area contributed by atoms with Gasteiger partial charge in [-0.25, -0.2) is 4.98 Å². The molecule has 1 spiro atoms. The summed E-state index contributed by atoms with van der Waals surface area (Å²) in [5.74, 6) is 1.83. The molecule has 0 unspecified atom stereocenters. The van der Waals surface area contributed by atoms with E-state index in [0.29, 0.717) is 37.8 Å². The average Bonchev–Trinajstić information content (AvgIpc) is 3.17. The predicted octanol–water partition coefficient (Wildman–Crippen LogP) is 3.13. The molecule has 1 aromatic heterocycles. The molecule has 3 aliphatic rings. The zero-order valence-corrected chi connectivity index (χ0v) is 21.6. The molecule has 192 valence electrons. The summed E-state index contributed by atoms with van der Waals surface area (Å²) in [5, 5.41) is 6.17. The van der Waals surface area contributed by atoms with E-state index in [0.717, 1.165) is 42.8 Å². The van der Waals surface area contributed by atoms with Crippen LogP contribution in [0.5, 0.6) is 5.75 Å². The molecule has 2 amide bonds. The topological polar surface area (TPSA) is 99.7 Å². The molecule has 1 saturated heterocycles. The van der Waals surface area contributed by atoms with Crippen LogP contribution in [0.3, 0.4) is 0 Å². The van der Waals surface area contributed by atoms with Gasteiger partial charge in [-0.2, -0.15) is 4.98 Å². The summed E-state index contributed by atoms with van der Waals surface area (Å²) in [6, 6.07) is 7.68. The maximum absolute atomic E-state index is 14.1. The van der Waals surface area contributed by atoms with Crippen molar-refractivity contribution in [3.63, 3.8) is 0 Å². The molecule has 9 heteroatoms. The van der Waals surface area contributed by atoms with Crippen LogP contribution < -0.4 is 20.3 Å². The van der Waals surface area contributed by atoms with E-state index in [2.05, 4.69) is 34.4 Å². The minimum Gasteiger partial charge on any atom is -0.492 e. The third kappa shape index (κ3) is 4.09. The zero-order chi connectivity index (χ0) is 25.5. The molecule has 0 radical (unpaired) electrons. The number of anilines is 3. The molecule has 9 nitrogen and oxygen atoms in total. The van der Waals surface area contributed by atoms with Gasteiger partial charge in [-0.15, -0.1) is 0 Å². The Kier molecular flexibility index (Phi) is 6.36. The third-order valence-electron chi connectivity index (χ3n) is 8.09. The lowest BCUT2D eigenvalue weighted by atomic mass is 9.65. The first kappa shape index (κ1) is 24.5. The maximum Gasteiger partial charge on any atom is 0.244 e. The monoisotopic (exact) mass is 492 g/mol. The van der Waals surface area contributed by atoms with Crippen molar-refractivity contribution in [3.8, 4) is 5.75 Å². The summed E-state index contributed by atoms with van der Waals surface area (Å²) in [6.45, 7) is 6.31. The number of nitrogens with one attached hydrogen (secondary N) is 2. The Morgan fingerprint density at radius 3 is 2.50 bits per heavy atom. The Balaban J connectivity index is 1.43. The number of hydrogen-bond acceptors (Lipinski definition) is 7. The summed E-state index contributed by atoms with van der Waals surface area (Å²) < 4.78 is 5.78. The number of nitrogens with zero attached hydrogens (tertiary/aromatic N) is 4. The van der Waals surface area contributed by atoms with E-state index < -0.39 is 5.41 Å². The number of rotatable bonds is 8. The van der Waals surface area contributed by atoms with E-state index in [1.165, 1.54) is 0 Å². The second-order valence-corrected chi connectivity index (χ2v) is 10.9. The highest BCUT2D eigenvalue weighted by Crippen LogP contribution is 2.51. The van der Waals surface area contributed by atoms with Crippen molar-refractivity contribution in [2.75, 3.05) is 44.0 Å². The van der Waals surface area contributed by atoms with E-state index in [1.54, 1.807) is 6.20 Å². The van der Waals surface area contributed by atoms with Gasteiger partial charge in [0.25, 0.3) is 0 Å². The van der Waals surface area contributed by atoms with Crippen molar-refractivity contribution in [2.24, 2.45) is 11.3 Å². The first-order valence-electron chi connectivity index (χ1n) is 12.9. The van der Waals surface area contributed by atoms with Gasteiger partial charge in [0.2, 0.25) is 17.8 Å². The van der Waals surface area contributed by atoms with Crippen LogP contribution >= 0.6 is 0 Å². The Bertz CT molecular complexity index is 1140.